The van der Waals surface area contributed by atoms with Crippen molar-refractivity contribution in [3.05, 3.63) is 29.8 Å². The molecule has 0 radical (unpaired) electrons. The number of hydrogen-bond acceptors (Lipinski definition) is 3. The van der Waals surface area contributed by atoms with E-state index in [9.17, 15) is 0 Å². The van der Waals surface area contributed by atoms with Gasteiger partial charge in [-0.1, -0.05) is 18.6 Å². The van der Waals surface area contributed by atoms with Gasteiger partial charge >= 0.3 is 0 Å². The van der Waals surface area contributed by atoms with Crippen LogP contribution in [0, 0.1) is 0 Å². The first-order chi connectivity index (χ1) is 9.35. The Kier molecular flexibility index (Phi) is 5.67. The number of likely N-dealkylation sites (tertiary alicyclic amines) is 1. The molecular formula is C16H26N2O. The van der Waals surface area contributed by atoms with Gasteiger partial charge < -0.3 is 10.5 Å². The van der Waals surface area contributed by atoms with Crippen molar-refractivity contribution in [3.8, 4) is 5.75 Å². The number of methoxy groups -OCH3 is 1. The van der Waals surface area contributed by atoms with E-state index in [0.717, 1.165) is 25.1 Å². The highest BCUT2D eigenvalue weighted by Crippen LogP contribution is 2.29. The van der Waals surface area contributed by atoms with Crippen LogP contribution in [0.25, 0.3) is 0 Å². The molecule has 0 saturated carbocycles. The second kappa shape index (κ2) is 7.51. The van der Waals surface area contributed by atoms with Crippen molar-refractivity contribution >= 4 is 0 Å². The van der Waals surface area contributed by atoms with Crippen molar-refractivity contribution in [2.24, 2.45) is 5.73 Å². The molecule has 2 rings (SSSR count). The number of benzene rings is 1. The third-order valence-electron chi connectivity index (χ3n) is 4.01. The van der Waals surface area contributed by atoms with Gasteiger partial charge in [0.15, 0.2) is 0 Å². The van der Waals surface area contributed by atoms with Crippen LogP contribution in [0.5, 0.6) is 5.75 Å². The Hall–Kier alpha value is -1.06. The third-order valence-corrected chi connectivity index (χ3v) is 4.01. The standard InChI is InChI=1S/C16H26N2O/c1-19-15-9-7-14(8-10-15)16(6-5-11-17)18-12-3-2-4-13-18/h7-10,16H,2-6,11-13,17H2,1H3. The minimum atomic E-state index is 0.523. The summed E-state index contributed by atoms with van der Waals surface area (Å²) in [5, 5.41) is 0. The molecule has 0 amide bonds. The van der Waals surface area contributed by atoms with E-state index in [1.54, 1.807) is 7.11 Å². The van der Waals surface area contributed by atoms with Gasteiger partial charge in [0.2, 0.25) is 0 Å². The van der Waals surface area contributed by atoms with Gasteiger partial charge in [-0.05, 0) is 63.0 Å². The molecule has 0 aliphatic carbocycles. The van der Waals surface area contributed by atoms with Crippen molar-refractivity contribution in [2.75, 3.05) is 26.7 Å². The molecule has 1 aliphatic heterocycles. The van der Waals surface area contributed by atoms with Gasteiger partial charge in [0.1, 0.15) is 5.75 Å². The highest BCUT2D eigenvalue weighted by atomic mass is 16.5. The highest BCUT2D eigenvalue weighted by Gasteiger charge is 2.21. The molecule has 0 aromatic heterocycles. The fourth-order valence-corrected chi connectivity index (χ4v) is 2.93. The SMILES string of the molecule is COc1ccc(C(CCCN)N2CCCCC2)cc1. The van der Waals surface area contributed by atoms with Crippen LogP contribution < -0.4 is 10.5 Å². The summed E-state index contributed by atoms with van der Waals surface area (Å²) in [4.78, 5) is 2.63. The van der Waals surface area contributed by atoms with Crippen LogP contribution in [0.3, 0.4) is 0 Å². The summed E-state index contributed by atoms with van der Waals surface area (Å²) in [6.07, 6.45) is 6.28. The predicted octanol–water partition coefficient (Wildman–Crippen LogP) is 2.96. The molecule has 1 saturated heterocycles. The summed E-state index contributed by atoms with van der Waals surface area (Å²) in [7, 11) is 1.71. The molecule has 3 nitrogen and oxygen atoms in total. The first-order valence-electron chi connectivity index (χ1n) is 7.43. The number of nitrogens with zero attached hydrogens (tertiary/aromatic N) is 1. The van der Waals surface area contributed by atoms with Crippen molar-refractivity contribution in [2.45, 2.75) is 38.1 Å². The summed E-state index contributed by atoms with van der Waals surface area (Å²) in [6.45, 7) is 3.23. The minimum absolute atomic E-state index is 0.523. The largest absolute Gasteiger partial charge is 0.497 e. The Labute approximate surface area is 116 Å². The average molecular weight is 262 g/mol. The zero-order chi connectivity index (χ0) is 13.5. The molecular weight excluding hydrogens is 236 g/mol. The van der Waals surface area contributed by atoms with E-state index in [4.69, 9.17) is 10.5 Å². The third kappa shape index (κ3) is 3.95. The molecule has 1 aliphatic rings. The highest BCUT2D eigenvalue weighted by molar-refractivity contribution is 5.29. The van der Waals surface area contributed by atoms with E-state index in [0.29, 0.717) is 6.04 Å². The molecule has 0 bridgehead atoms. The van der Waals surface area contributed by atoms with E-state index in [1.165, 1.54) is 37.9 Å². The van der Waals surface area contributed by atoms with Crippen LogP contribution in [-0.2, 0) is 0 Å². The average Bonchev–Trinajstić information content (AvgIpc) is 2.49. The van der Waals surface area contributed by atoms with Gasteiger partial charge in [-0.25, -0.2) is 0 Å². The van der Waals surface area contributed by atoms with Crippen LogP contribution in [0.15, 0.2) is 24.3 Å². The molecule has 1 unspecified atom stereocenters. The summed E-state index contributed by atoms with van der Waals surface area (Å²) in [5.74, 6) is 0.931. The zero-order valence-electron chi connectivity index (χ0n) is 12.0. The summed E-state index contributed by atoms with van der Waals surface area (Å²) >= 11 is 0. The Morgan fingerprint density at radius 3 is 2.42 bits per heavy atom. The van der Waals surface area contributed by atoms with Gasteiger partial charge in [-0.2, -0.15) is 0 Å². The molecule has 19 heavy (non-hydrogen) atoms. The number of ether oxygens (including phenoxy) is 1. The van der Waals surface area contributed by atoms with E-state index in [-0.39, 0.29) is 0 Å². The molecule has 106 valence electrons. The van der Waals surface area contributed by atoms with E-state index >= 15 is 0 Å². The lowest BCUT2D eigenvalue weighted by Crippen LogP contribution is -2.34. The quantitative estimate of drug-likeness (QED) is 0.856. The van der Waals surface area contributed by atoms with Crippen molar-refractivity contribution in [3.63, 3.8) is 0 Å². The number of hydrogen-bond donors (Lipinski definition) is 1. The fourth-order valence-electron chi connectivity index (χ4n) is 2.93. The minimum Gasteiger partial charge on any atom is -0.497 e. The van der Waals surface area contributed by atoms with Crippen LogP contribution >= 0.6 is 0 Å². The Morgan fingerprint density at radius 1 is 1.16 bits per heavy atom. The molecule has 1 heterocycles. The molecule has 3 heteroatoms. The first-order valence-corrected chi connectivity index (χ1v) is 7.43. The number of nitrogens with two attached hydrogens (primary N) is 1. The predicted molar refractivity (Wildman–Crippen MR) is 79.4 cm³/mol. The molecule has 2 N–H and O–H groups in total. The smallest absolute Gasteiger partial charge is 0.118 e. The van der Waals surface area contributed by atoms with Crippen LogP contribution in [0.1, 0.15) is 43.7 Å². The topological polar surface area (TPSA) is 38.5 Å². The van der Waals surface area contributed by atoms with Gasteiger partial charge in [0.05, 0.1) is 7.11 Å². The summed E-state index contributed by atoms with van der Waals surface area (Å²) in [6, 6.07) is 9.06. The van der Waals surface area contributed by atoms with Gasteiger partial charge in [0.25, 0.3) is 0 Å². The van der Waals surface area contributed by atoms with Crippen LogP contribution in [0.2, 0.25) is 0 Å². The van der Waals surface area contributed by atoms with Crippen LogP contribution in [0.4, 0.5) is 0 Å². The number of piperidine rings is 1. The molecule has 1 aromatic rings. The Bertz CT molecular complexity index is 358. The van der Waals surface area contributed by atoms with E-state index < -0.39 is 0 Å². The normalized spacial score (nSPS) is 18.2. The zero-order valence-corrected chi connectivity index (χ0v) is 12.0. The molecule has 1 aromatic carbocycles. The maximum atomic E-state index is 5.69. The fraction of sp³-hybridized carbons (Fsp3) is 0.625. The maximum Gasteiger partial charge on any atom is 0.118 e. The van der Waals surface area contributed by atoms with Crippen molar-refractivity contribution in [1.82, 2.24) is 4.90 Å². The lowest BCUT2D eigenvalue weighted by atomic mass is 9.97. The van der Waals surface area contributed by atoms with Crippen molar-refractivity contribution < 1.29 is 4.74 Å². The Balaban J connectivity index is 2.10. The maximum absolute atomic E-state index is 5.69. The van der Waals surface area contributed by atoms with Crippen LogP contribution in [-0.4, -0.2) is 31.6 Å². The first kappa shape index (κ1) is 14.4. The molecule has 0 spiro atoms. The van der Waals surface area contributed by atoms with Gasteiger partial charge in [-0.15, -0.1) is 0 Å². The van der Waals surface area contributed by atoms with Gasteiger partial charge in [-0.3, -0.25) is 4.90 Å². The van der Waals surface area contributed by atoms with Gasteiger partial charge in [0, 0.05) is 6.04 Å². The second-order valence-electron chi connectivity index (χ2n) is 5.32. The summed E-state index contributed by atoms with van der Waals surface area (Å²) < 4.78 is 5.24. The molecule has 1 atom stereocenters. The number of rotatable bonds is 6. The Morgan fingerprint density at radius 2 is 1.84 bits per heavy atom. The van der Waals surface area contributed by atoms with E-state index in [2.05, 4.69) is 29.2 Å². The monoisotopic (exact) mass is 262 g/mol. The lowest BCUT2D eigenvalue weighted by Gasteiger charge is -2.35. The van der Waals surface area contributed by atoms with E-state index in [1.807, 2.05) is 0 Å². The lowest BCUT2D eigenvalue weighted by molar-refractivity contribution is 0.154. The molecule has 1 fully saturated rings. The van der Waals surface area contributed by atoms with Crippen molar-refractivity contribution in [1.29, 1.82) is 0 Å². The summed E-state index contributed by atoms with van der Waals surface area (Å²) in [5.41, 5.74) is 7.09. The second-order valence-corrected chi connectivity index (χ2v) is 5.32.